The Morgan fingerprint density at radius 1 is 1.38 bits per heavy atom. The highest BCUT2D eigenvalue weighted by Crippen LogP contribution is 2.23. The second kappa shape index (κ2) is 3.66. The van der Waals surface area contributed by atoms with E-state index in [0.717, 1.165) is 19.0 Å². The first-order valence-electron chi connectivity index (χ1n) is 4.99. The van der Waals surface area contributed by atoms with E-state index in [9.17, 15) is 4.79 Å². The van der Waals surface area contributed by atoms with Crippen LogP contribution in [0, 0.1) is 5.92 Å². The van der Waals surface area contributed by atoms with Gasteiger partial charge in [-0.1, -0.05) is 6.92 Å². The Bertz CT molecular complexity index is 193. The molecular formula is C10H20N2O. The summed E-state index contributed by atoms with van der Waals surface area (Å²) in [5, 5.41) is 0. The maximum atomic E-state index is 11.2. The van der Waals surface area contributed by atoms with Gasteiger partial charge >= 0.3 is 0 Å². The Morgan fingerprint density at radius 3 is 2.23 bits per heavy atom. The minimum Gasteiger partial charge on any atom is -0.368 e. The Kier molecular flexibility index (Phi) is 2.96. The van der Waals surface area contributed by atoms with E-state index in [2.05, 4.69) is 11.8 Å². The quantitative estimate of drug-likeness (QED) is 0.695. The number of likely N-dealkylation sites (tertiary alicyclic amines) is 1. The average Bonchev–Trinajstić information content (AvgIpc) is 2.04. The molecular weight excluding hydrogens is 164 g/mol. The van der Waals surface area contributed by atoms with E-state index in [-0.39, 0.29) is 5.91 Å². The van der Waals surface area contributed by atoms with Gasteiger partial charge < -0.3 is 5.73 Å². The molecule has 1 saturated heterocycles. The van der Waals surface area contributed by atoms with Gasteiger partial charge in [0.05, 0.1) is 5.54 Å². The third-order valence-electron chi connectivity index (χ3n) is 3.18. The minimum absolute atomic E-state index is 0.220. The first-order valence-corrected chi connectivity index (χ1v) is 4.99. The van der Waals surface area contributed by atoms with Crippen molar-refractivity contribution in [3.63, 3.8) is 0 Å². The molecule has 0 atom stereocenters. The van der Waals surface area contributed by atoms with E-state index in [1.54, 1.807) is 0 Å². The molecule has 3 heteroatoms. The summed E-state index contributed by atoms with van der Waals surface area (Å²) in [5.41, 5.74) is 4.88. The van der Waals surface area contributed by atoms with Gasteiger partial charge in [-0.2, -0.15) is 0 Å². The molecule has 0 aromatic rings. The number of hydrogen-bond donors (Lipinski definition) is 1. The topological polar surface area (TPSA) is 46.3 Å². The molecule has 1 amide bonds. The van der Waals surface area contributed by atoms with Crippen LogP contribution in [0.5, 0.6) is 0 Å². The van der Waals surface area contributed by atoms with Gasteiger partial charge in [0.15, 0.2) is 0 Å². The van der Waals surface area contributed by atoms with E-state index in [1.165, 1.54) is 12.8 Å². The lowest BCUT2D eigenvalue weighted by molar-refractivity contribution is -0.129. The summed E-state index contributed by atoms with van der Waals surface area (Å²) >= 11 is 0. The molecule has 1 rings (SSSR count). The molecule has 0 aromatic carbocycles. The fraction of sp³-hybridized carbons (Fsp3) is 0.900. The normalized spacial score (nSPS) is 21.8. The van der Waals surface area contributed by atoms with Crippen LogP contribution in [-0.2, 0) is 4.79 Å². The van der Waals surface area contributed by atoms with E-state index in [1.807, 2.05) is 13.8 Å². The molecule has 0 aromatic heterocycles. The van der Waals surface area contributed by atoms with Gasteiger partial charge in [-0.05, 0) is 45.7 Å². The molecule has 1 aliphatic heterocycles. The molecule has 0 saturated carbocycles. The number of primary amides is 1. The maximum Gasteiger partial charge on any atom is 0.237 e. The van der Waals surface area contributed by atoms with Crippen LogP contribution in [0.4, 0.5) is 0 Å². The number of nitrogens with two attached hydrogens (primary N) is 1. The SMILES string of the molecule is CC1CCN(C(C)(C)C(N)=O)CC1. The van der Waals surface area contributed by atoms with Crippen molar-refractivity contribution in [2.45, 2.75) is 39.2 Å². The van der Waals surface area contributed by atoms with Gasteiger partial charge in [0.2, 0.25) is 5.91 Å². The monoisotopic (exact) mass is 184 g/mol. The van der Waals surface area contributed by atoms with Crippen molar-refractivity contribution >= 4 is 5.91 Å². The summed E-state index contributed by atoms with van der Waals surface area (Å²) in [6.45, 7) is 8.07. The zero-order chi connectivity index (χ0) is 10.1. The third kappa shape index (κ3) is 2.21. The maximum absolute atomic E-state index is 11.2. The van der Waals surface area contributed by atoms with Gasteiger partial charge in [0.25, 0.3) is 0 Å². The van der Waals surface area contributed by atoms with Crippen molar-refractivity contribution in [2.75, 3.05) is 13.1 Å². The van der Waals surface area contributed by atoms with Crippen LogP contribution in [-0.4, -0.2) is 29.4 Å². The molecule has 0 aliphatic carbocycles. The fourth-order valence-electron chi connectivity index (χ4n) is 1.72. The Balaban J connectivity index is 2.58. The zero-order valence-corrected chi connectivity index (χ0v) is 8.84. The van der Waals surface area contributed by atoms with Crippen molar-refractivity contribution in [3.8, 4) is 0 Å². The van der Waals surface area contributed by atoms with Crippen molar-refractivity contribution in [1.82, 2.24) is 4.90 Å². The van der Waals surface area contributed by atoms with Crippen molar-refractivity contribution in [2.24, 2.45) is 11.7 Å². The molecule has 0 radical (unpaired) electrons. The van der Waals surface area contributed by atoms with Crippen LogP contribution in [0.3, 0.4) is 0 Å². The number of amides is 1. The highest BCUT2D eigenvalue weighted by Gasteiger charge is 2.34. The Labute approximate surface area is 80.3 Å². The van der Waals surface area contributed by atoms with Crippen LogP contribution in [0.25, 0.3) is 0 Å². The molecule has 1 aliphatic rings. The van der Waals surface area contributed by atoms with Gasteiger partial charge in [0.1, 0.15) is 0 Å². The molecule has 1 heterocycles. The second-order valence-electron chi connectivity index (χ2n) is 4.59. The molecule has 2 N–H and O–H groups in total. The van der Waals surface area contributed by atoms with Crippen LogP contribution >= 0.6 is 0 Å². The molecule has 76 valence electrons. The number of piperidine rings is 1. The fourth-order valence-corrected chi connectivity index (χ4v) is 1.72. The average molecular weight is 184 g/mol. The number of hydrogen-bond acceptors (Lipinski definition) is 2. The first kappa shape index (κ1) is 10.5. The molecule has 3 nitrogen and oxygen atoms in total. The van der Waals surface area contributed by atoms with E-state index >= 15 is 0 Å². The lowest BCUT2D eigenvalue weighted by Crippen LogP contribution is -2.55. The molecule has 13 heavy (non-hydrogen) atoms. The standard InChI is InChI=1S/C10H20N2O/c1-8-4-6-12(7-5-8)10(2,3)9(11)13/h8H,4-7H2,1-3H3,(H2,11,13). The minimum atomic E-state index is -0.472. The van der Waals surface area contributed by atoms with Gasteiger partial charge in [-0.25, -0.2) is 0 Å². The number of carbonyl (C=O) groups excluding carboxylic acids is 1. The smallest absolute Gasteiger partial charge is 0.237 e. The highest BCUT2D eigenvalue weighted by molar-refractivity contribution is 5.83. The predicted octanol–water partition coefficient (Wildman–Crippen LogP) is 0.982. The van der Waals surface area contributed by atoms with Gasteiger partial charge in [-0.3, -0.25) is 9.69 Å². The summed E-state index contributed by atoms with van der Waals surface area (Å²) in [5.74, 6) is 0.571. The summed E-state index contributed by atoms with van der Waals surface area (Å²) in [6, 6.07) is 0. The van der Waals surface area contributed by atoms with Crippen LogP contribution in [0.15, 0.2) is 0 Å². The number of rotatable bonds is 2. The molecule has 0 bridgehead atoms. The van der Waals surface area contributed by atoms with Crippen molar-refractivity contribution < 1.29 is 4.79 Å². The second-order valence-corrected chi connectivity index (χ2v) is 4.59. The number of nitrogens with zero attached hydrogens (tertiary/aromatic N) is 1. The Morgan fingerprint density at radius 2 is 1.85 bits per heavy atom. The van der Waals surface area contributed by atoms with Gasteiger partial charge in [0, 0.05) is 0 Å². The molecule has 0 unspecified atom stereocenters. The molecule has 0 spiro atoms. The number of carbonyl (C=O) groups is 1. The largest absolute Gasteiger partial charge is 0.368 e. The first-order chi connectivity index (χ1) is 5.94. The highest BCUT2D eigenvalue weighted by atomic mass is 16.1. The predicted molar refractivity (Wildman–Crippen MR) is 53.2 cm³/mol. The van der Waals surface area contributed by atoms with Crippen molar-refractivity contribution in [3.05, 3.63) is 0 Å². The van der Waals surface area contributed by atoms with Crippen LogP contribution < -0.4 is 5.73 Å². The van der Waals surface area contributed by atoms with Crippen LogP contribution in [0.1, 0.15) is 33.6 Å². The summed E-state index contributed by atoms with van der Waals surface area (Å²) in [6.07, 6.45) is 2.35. The third-order valence-corrected chi connectivity index (χ3v) is 3.18. The van der Waals surface area contributed by atoms with E-state index in [0.29, 0.717) is 0 Å². The van der Waals surface area contributed by atoms with Gasteiger partial charge in [-0.15, -0.1) is 0 Å². The lowest BCUT2D eigenvalue weighted by Gasteiger charge is -2.40. The van der Waals surface area contributed by atoms with E-state index < -0.39 is 5.54 Å². The van der Waals surface area contributed by atoms with E-state index in [4.69, 9.17) is 5.73 Å². The lowest BCUT2D eigenvalue weighted by atomic mass is 9.93. The summed E-state index contributed by atoms with van der Waals surface area (Å²) in [7, 11) is 0. The summed E-state index contributed by atoms with van der Waals surface area (Å²) in [4.78, 5) is 13.4. The Hall–Kier alpha value is -0.570. The summed E-state index contributed by atoms with van der Waals surface area (Å²) < 4.78 is 0. The van der Waals surface area contributed by atoms with Crippen LogP contribution in [0.2, 0.25) is 0 Å². The van der Waals surface area contributed by atoms with Crippen molar-refractivity contribution in [1.29, 1.82) is 0 Å². The molecule has 1 fully saturated rings. The zero-order valence-electron chi connectivity index (χ0n) is 8.84.